The number of aryl methyl sites for hydroxylation is 2. The maximum absolute atomic E-state index is 5.77. The quantitative estimate of drug-likeness (QED) is 0.642. The molecule has 0 aliphatic rings. The number of hydrogen-bond acceptors (Lipinski definition) is 2. The van der Waals surface area contributed by atoms with Gasteiger partial charge in [-0.2, -0.15) is 0 Å². The smallest absolute Gasteiger partial charge is 0.0393 e. The molecule has 0 unspecified atom stereocenters. The summed E-state index contributed by atoms with van der Waals surface area (Å²) < 4.78 is 0. The van der Waals surface area contributed by atoms with Gasteiger partial charge >= 0.3 is 0 Å². The van der Waals surface area contributed by atoms with Crippen LogP contribution in [-0.2, 0) is 0 Å². The van der Waals surface area contributed by atoms with Crippen molar-refractivity contribution in [1.82, 2.24) is 0 Å². The largest absolute Gasteiger partial charge is 0.399 e. The van der Waals surface area contributed by atoms with Crippen molar-refractivity contribution in [3.05, 3.63) is 77.9 Å². The second-order valence-electron chi connectivity index (χ2n) is 5.70. The average Bonchev–Trinajstić information content (AvgIpc) is 2.47. The molecule has 0 atom stereocenters. The van der Waals surface area contributed by atoms with Gasteiger partial charge in [0.15, 0.2) is 0 Å². The van der Waals surface area contributed by atoms with E-state index < -0.39 is 0 Å². The molecule has 3 rings (SSSR count). The van der Waals surface area contributed by atoms with Gasteiger partial charge in [0.1, 0.15) is 0 Å². The fourth-order valence-electron chi connectivity index (χ4n) is 2.59. The van der Waals surface area contributed by atoms with Crippen LogP contribution in [0.25, 0.3) is 11.1 Å². The Balaban J connectivity index is 1.94. The van der Waals surface area contributed by atoms with Crippen molar-refractivity contribution in [3.8, 4) is 11.1 Å². The number of anilines is 3. The molecule has 0 aliphatic carbocycles. The molecule has 0 saturated heterocycles. The summed E-state index contributed by atoms with van der Waals surface area (Å²) in [5.41, 5.74) is 13.6. The lowest BCUT2D eigenvalue weighted by molar-refractivity contribution is 1.42. The van der Waals surface area contributed by atoms with E-state index in [0.29, 0.717) is 0 Å². The third kappa shape index (κ3) is 3.29. The Bertz CT molecular complexity index is 789. The summed E-state index contributed by atoms with van der Waals surface area (Å²) in [6, 6.07) is 22.9. The molecule has 0 saturated carbocycles. The van der Waals surface area contributed by atoms with Crippen LogP contribution >= 0.6 is 0 Å². The topological polar surface area (TPSA) is 38.0 Å². The van der Waals surface area contributed by atoms with Crippen LogP contribution in [0.5, 0.6) is 0 Å². The van der Waals surface area contributed by atoms with Crippen molar-refractivity contribution in [3.63, 3.8) is 0 Å². The molecule has 110 valence electrons. The first-order valence-electron chi connectivity index (χ1n) is 7.41. The van der Waals surface area contributed by atoms with E-state index in [1.807, 2.05) is 12.1 Å². The van der Waals surface area contributed by atoms with E-state index in [0.717, 1.165) is 17.1 Å². The number of hydrogen-bond donors (Lipinski definition) is 2. The molecule has 0 aliphatic heterocycles. The van der Waals surface area contributed by atoms with Crippen LogP contribution in [0.4, 0.5) is 17.1 Å². The molecule has 0 spiro atoms. The van der Waals surface area contributed by atoms with Crippen LogP contribution in [0, 0.1) is 13.8 Å². The molecule has 0 fully saturated rings. The summed E-state index contributed by atoms with van der Waals surface area (Å²) in [6.45, 7) is 4.21. The Kier molecular flexibility index (Phi) is 3.84. The summed E-state index contributed by atoms with van der Waals surface area (Å²) in [7, 11) is 0. The third-order valence-corrected chi connectivity index (χ3v) is 3.63. The minimum atomic E-state index is 0.787. The summed E-state index contributed by atoms with van der Waals surface area (Å²) >= 11 is 0. The molecule has 0 radical (unpaired) electrons. The van der Waals surface area contributed by atoms with Gasteiger partial charge in [-0.1, -0.05) is 30.3 Å². The van der Waals surface area contributed by atoms with Gasteiger partial charge in [0.25, 0.3) is 0 Å². The molecule has 0 heterocycles. The van der Waals surface area contributed by atoms with Gasteiger partial charge in [0.05, 0.1) is 0 Å². The van der Waals surface area contributed by atoms with Crippen molar-refractivity contribution >= 4 is 17.1 Å². The predicted octanol–water partition coefficient (Wildman–Crippen LogP) is 5.30. The van der Waals surface area contributed by atoms with Crippen LogP contribution in [0.1, 0.15) is 11.1 Å². The number of nitrogens with one attached hydrogen (secondary N) is 1. The first-order chi connectivity index (χ1) is 10.6. The maximum Gasteiger partial charge on any atom is 0.0393 e. The van der Waals surface area contributed by atoms with Gasteiger partial charge < -0.3 is 11.1 Å². The van der Waals surface area contributed by atoms with E-state index in [4.69, 9.17) is 5.73 Å². The highest BCUT2D eigenvalue weighted by molar-refractivity contribution is 5.73. The number of benzene rings is 3. The average molecular weight is 288 g/mol. The Hall–Kier alpha value is -2.74. The predicted molar refractivity (Wildman–Crippen MR) is 95.5 cm³/mol. The normalized spacial score (nSPS) is 10.5. The molecule has 0 amide bonds. The lowest BCUT2D eigenvalue weighted by atomic mass is 10.0. The van der Waals surface area contributed by atoms with Crippen LogP contribution in [0.2, 0.25) is 0 Å². The number of nitrogens with two attached hydrogens (primary N) is 1. The Morgan fingerprint density at radius 3 is 2.14 bits per heavy atom. The van der Waals surface area contributed by atoms with E-state index >= 15 is 0 Å². The van der Waals surface area contributed by atoms with Gasteiger partial charge in [0.2, 0.25) is 0 Å². The standard InChI is InChI=1S/C20H20N2/c1-14-4-3-5-19(11-14)22-20-12-15(2)10-17(13-20)16-6-8-18(21)9-7-16/h3-13,22H,21H2,1-2H3. The Morgan fingerprint density at radius 1 is 0.682 bits per heavy atom. The van der Waals surface area contributed by atoms with Crippen molar-refractivity contribution in [2.24, 2.45) is 0 Å². The molecule has 3 N–H and O–H groups in total. The van der Waals surface area contributed by atoms with E-state index in [2.05, 4.69) is 73.8 Å². The zero-order valence-corrected chi connectivity index (χ0v) is 12.9. The third-order valence-electron chi connectivity index (χ3n) is 3.63. The van der Waals surface area contributed by atoms with Crippen LogP contribution in [-0.4, -0.2) is 0 Å². The number of nitrogen functional groups attached to an aromatic ring is 1. The van der Waals surface area contributed by atoms with Gasteiger partial charge in [-0.25, -0.2) is 0 Å². The van der Waals surface area contributed by atoms with E-state index in [9.17, 15) is 0 Å². The van der Waals surface area contributed by atoms with E-state index in [1.54, 1.807) is 0 Å². The fourth-order valence-corrected chi connectivity index (χ4v) is 2.59. The van der Waals surface area contributed by atoms with Crippen LogP contribution in [0.3, 0.4) is 0 Å². The van der Waals surface area contributed by atoms with Crippen LogP contribution in [0.15, 0.2) is 66.7 Å². The second kappa shape index (κ2) is 5.94. The van der Waals surface area contributed by atoms with Crippen molar-refractivity contribution < 1.29 is 0 Å². The highest BCUT2D eigenvalue weighted by Gasteiger charge is 2.02. The molecule has 3 aromatic rings. The summed E-state index contributed by atoms with van der Waals surface area (Å²) in [6.07, 6.45) is 0. The zero-order chi connectivity index (χ0) is 15.5. The lowest BCUT2D eigenvalue weighted by Crippen LogP contribution is -1.92. The molecule has 0 bridgehead atoms. The minimum Gasteiger partial charge on any atom is -0.399 e. The Morgan fingerprint density at radius 2 is 1.41 bits per heavy atom. The lowest BCUT2D eigenvalue weighted by Gasteiger charge is -2.11. The van der Waals surface area contributed by atoms with E-state index in [-0.39, 0.29) is 0 Å². The molecular formula is C20H20N2. The molecule has 22 heavy (non-hydrogen) atoms. The second-order valence-corrected chi connectivity index (χ2v) is 5.70. The molecular weight excluding hydrogens is 268 g/mol. The summed E-state index contributed by atoms with van der Waals surface area (Å²) in [5, 5.41) is 3.48. The van der Waals surface area contributed by atoms with Gasteiger partial charge in [-0.15, -0.1) is 0 Å². The van der Waals surface area contributed by atoms with Gasteiger partial charge in [-0.05, 0) is 72.5 Å². The summed E-state index contributed by atoms with van der Waals surface area (Å²) in [4.78, 5) is 0. The zero-order valence-electron chi connectivity index (χ0n) is 12.9. The van der Waals surface area contributed by atoms with Crippen LogP contribution < -0.4 is 11.1 Å². The number of rotatable bonds is 3. The minimum absolute atomic E-state index is 0.787. The SMILES string of the molecule is Cc1cccc(Nc2cc(C)cc(-c3ccc(N)cc3)c2)c1. The monoisotopic (exact) mass is 288 g/mol. The van der Waals surface area contributed by atoms with Gasteiger partial charge in [0, 0.05) is 17.1 Å². The van der Waals surface area contributed by atoms with E-state index in [1.165, 1.54) is 22.3 Å². The first-order valence-corrected chi connectivity index (χ1v) is 7.41. The Labute approximate surface area is 131 Å². The molecule has 0 aromatic heterocycles. The molecule has 3 aromatic carbocycles. The van der Waals surface area contributed by atoms with Crippen molar-refractivity contribution in [2.75, 3.05) is 11.1 Å². The molecule has 2 nitrogen and oxygen atoms in total. The summed E-state index contributed by atoms with van der Waals surface area (Å²) in [5.74, 6) is 0. The fraction of sp³-hybridized carbons (Fsp3) is 0.100. The maximum atomic E-state index is 5.77. The van der Waals surface area contributed by atoms with Crippen molar-refractivity contribution in [1.29, 1.82) is 0 Å². The first kappa shape index (κ1) is 14.2. The highest BCUT2D eigenvalue weighted by Crippen LogP contribution is 2.27. The highest BCUT2D eigenvalue weighted by atomic mass is 14.9. The van der Waals surface area contributed by atoms with Crippen molar-refractivity contribution in [2.45, 2.75) is 13.8 Å². The van der Waals surface area contributed by atoms with Gasteiger partial charge in [-0.3, -0.25) is 0 Å². The molecule has 2 heteroatoms.